The highest BCUT2D eigenvalue weighted by molar-refractivity contribution is 5.62. The van der Waals surface area contributed by atoms with E-state index < -0.39 is 0 Å². The van der Waals surface area contributed by atoms with Crippen molar-refractivity contribution in [1.82, 2.24) is 15.2 Å². The molecule has 0 spiro atoms. The molecule has 1 aromatic carbocycles. The van der Waals surface area contributed by atoms with Gasteiger partial charge in [0.1, 0.15) is 5.76 Å². The van der Waals surface area contributed by atoms with Crippen LogP contribution in [-0.4, -0.2) is 21.8 Å². The normalized spacial score (nSPS) is 12.5. The highest BCUT2D eigenvalue weighted by Crippen LogP contribution is 2.28. The fourth-order valence-corrected chi connectivity index (χ4v) is 2.27. The second-order valence-corrected chi connectivity index (χ2v) is 4.93. The summed E-state index contributed by atoms with van der Waals surface area (Å²) in [7, 11) is 0. The summed E-state index contributed by atoms with van der Waals surface area (Å²) in [6.45, 7) is 4.73. The van der Waals surface area contributed by atoms with Crippen molar-refractivity contribution in [3.05, 3.63) is 42.0 Å². The number of aromatic amines is 1. The maximum absolute atomic E-state index is 5.80. The van der Waals surface area contributed by atoms with Gasteiger partial charge in [0.2, 0.25) is 5.95 Å². The molecule has 1 unspecified atom stereocenters. The number of H-pyrrole nitrogens is 1. The third kappa shape index (κ3) is 2.87. The predicted molar refractivity (Wildman–Crippen MR) is 84.0 cm³/mol. The van der Waals surface area contributed by atoms with Crippen LogP contribution < -0.4 is 5.73 Å². The molecule has 0 aliphatic rings. The Balaban J connectivity index is 1.81. The molecule has 3 aromatic rings. The van der Waals surface area contributed by atoms with Crippen LogP contribution in [0.5, 0.6) is 0 Å². The van der Waals surface area contributed by atoms with E-state index in [1.54, 1.807) is 0 Å². The zero-order valence-electron chi connectivity index (χ0n) is 12.5. The Hall–Kier alpha value is -2.60. The Morgan fingerprint density at radius 3 is 2.55 bits per heavy atom. The molecule has 0 aliphatic carbocycles. The van der Waals surface area contributed by atoms with Crippen molar-refractivity contribution in [2.24, 2.45) is 0 Å². The average molecular weight is 298 g/mol. The summed E-state index contributed by atoms with van der Waals surface area (Å²) in [5.74, 6) is 2.08. The first kappa shape index (κ1) is 14.3. The lowest BCUT2D eigenvalue weighted by atomic mass is 10.1. The van der Waals surface area contributed by atoms with Crippen LogP contribution in [0.25, 0.3) is 22.9 Å². The second kappa shape index (κ2) is 6.03. The van der Waals surface area contributed by atoms with E-state index >= 15 is 0 Å². The van der Waals surface area contributed by atoms with Gasteiger partial charge in [-0.3, -0.25) is 5.10 Å². The Morgan fingerprint density at radius 1 is 1.18 bits per heavy atom. The molecule has 2 heterocycles. The van der Waals surface area contributed by atoms with Crippen LogP contribution in [-0.2, 0) is 4.74 Å². The van der Waals surface area contributed by atoms with Crippen LogP contribution in [0.1, 0.15) is 25.5 Å². The van der Waals surface area contributed by atoms with Gasteiger partial charge in [-0.2, -0.15) is 4.98 Å². The molecule has 114 valence electrons. The first-order valence-corrected chi connectivity index (χ1v) is 7.17. The number of anilines is 1. The lowest BCUT2D eigenvalue weighted by Crippen LogP contribution is -1.98. The van der Waals surface area contributed by atoms with Crippen molar-refractivity contribution in [1.29, 1.82) is 0 Å². The van der Waals surface area contributed by atoms with Crippen molar-refractivity contribution < 1.29 is 9.15 Å². The van der Waals surface area contributed by atoms with Gasteiger partial charge < -0.3 is 14.9 Å². The summed E-state index contributed by atoms with van der Waals surface area (Å²) in [5, 5.41) is 6.52. The molecule has 3 N–H and O–H groups in total. The average Bonchev–Trinajstić information content (AvgIpc) is 3.16. The number of furan rings is 1. The highest BCUT2D eigenvalue weighted by Gasteiger charge is 2.11. The van der Waals surface area contributed by atoms with Crippen molar-refractivity contribution in [3.8, 4) is 22.9 Å². The number of nitrogens with two attached hydrogens (primary N) is 1. The molecule has 1 atom stereocenters. The van der Waals surface area contributed by atoms with E-state index in [1.807, 2.05) is 50.2 Å². The minimum absolute atomic E-state index is 0.0865. The minimum atomic E-state index is 0.0865. The number of nitrogens with zero attached hydrogens (tertiary/aromatic N) is 2. The summed E-state index contributed by atoms with van der Waals surface area (Å²) in [6.07, 6.45) is 0.0865. The van der Waals surface area contributed by atoms with Crippen LogP contribution in [0.3, 0.4) is 0 Å². The monoisotopic (exact) mass is 298 g/mol. The Morgan fingerprint density at radius 2 is 1.91 bits per heavy atom. The van der Waals surface area contributed by atoms with Crippen LogP contribution >= 0.6 is 0 Å². The molecular formula is C16H18N4O2. The van der Waals surface area contributed by atoms with Crippen molar-refractivity contribution in [2.45, 2.75) is 20.0 Å². The molecule has 3 rings (SSSR count). The van der Waals surface area contributed by atoms with Gasteiger partial charge in [-0.15, -0.1) is 5.10 Å². The lowest BCUT2D eigenvalue weighted by molar-refractivity contribution is 0.0764. The number of hydrogen-bond acceptors (Lipinski definition) is 5. The highest BCUT2D eigenvalue weighted by atomic mass is 16.5. The summed E-state index contributed by atoms with van der Waals surface area (Å²) in [5.41, 5.74) is 7.63. The quantitative estimate of drug-likeness (QED) is 0.753. The molecule has 0 bridgehead atoms. The number of nitrogen functional groups attached to an aromatic ring is 1. The van der Waals surface area contributed by atoms with Gasteiger partial charge in [-0.1, -0.05) is 24.3 Å². The third-order valence-corrected chi connectivity index (χ3v) is 3.42. The molecular weight excluding hydrogens is 280 g/mol. The van der Waals surface area contributed by atoms with E-state index in [0.717, 1.165) is 16.9 Å². The van der Waals surface area contributed by atoms with Gasteiger partial charge in [0.05, 0.1) is 6.10 Å². The summed E-state index contributed by atoms with van der Waals surface area (Å²) < 4.78 is 11.4. The first-order chi connectivity index (χ1) is 10.7. The molecule has 6 nitrogen and oxygen atoms in total. The van der Waals surface area contributed by atoms with E-state index in [-0.39, 0.29) is 12.1 Å². The van der Waals surface area contributed by atoms with E-state index in [9.17, 15) is 0 Å². The lowest BCUT2D eigenvalue weighted by Gasteiger charge is -2.11. The zero-order valence-corrected chi connectivity index (χ0v) is 12.5. The SMILES string of the molecule is CCOC(C)c1ccc(-c2ccc(-c3nc(N)n[nH]3)o2)cc1. The van der Waals surface area contributed by atoms with Crippen molar-refractivity contribution >= 4 is 5.95 Å². The zero-order chi connectivity index (χ0) is 15.5. The maximum atomic E-state index is 5.80. The van der Waals surface area contributed by atoms with Crippen molar-refractivity contribution in [3.63, 3.8) is 0 Å². The molecule has 0 amide bonds. The fraction of sp³-hybridized carbons (Fsp3) is 0.250. The van der Waals surface area contributed by atoms with Crippen LogP contribution in [0.15, 0.2) is 40.8 Å². The molecule has 0 saturated carbocycles. The van der Waals surface area contributed by atoms with E-state index in [2.05, 4.69) is 15.2 Å². The number of nitrogens with one attached hydrogen (secondary N) is 1. The number of hydrogen-bond donors (Lipinski definition) is 2. The second-order valence-electron chi connectivity index (χ2n) is 4.93. The van der Waals surface area contributed by atoms with Gasteiger partial charge in [-0.05, 0) is 31.5 Å². The molecule has 6 heteroatoms. The molecule has 0 radical (unpaired) electrons. The number of rotatable bonds is 5. The largest absolute Gasteiger partial charge is 0.453 e. The first-order valence-electron chi connectivity index (χ1n) is 7.17. The number of ether oxygens (including phenoxy) is 1. The Kier molecular flexibility index (Phi) is 3.93. The molecule has 0 aliphatic heterocycles. The maximum Gasteiger partial charge on any atom is 0.239 e. The topological polar surface area (TPSA) is 90.0 Å². The van der Waals surface area contributed by atoms with E-state index in [4.69, 9.17) is 14.9 Å². The minimum Gasteiger partial charge on any atom is -0.453 e. The number of benzene rings is 1. The molecule has 22 heavy (non-hydrogen) atoms. The summed E-state index contributed by atoms with van der Waals surface area (Å²) in [4.78, 5) is 4.05. The van der Waals surface area contributed by atoms with Gasteiger partial charge in [0.25, 0.3) is 0 Å². The smallest absolute Gasteiger partial charge is 0.239 e. The summed E-state index contributed by atoms with van der Waals surface area (Å²) in [6, 6.07) is 11.9. The van der Waals surface area contributed by atoms with E-state index in [1.165, 1.54) is 0 Å². The van der Waals surface area contributed by atoms with Crippen LogP contribution in [0.2, 0.25) is 0 Å². The molecule has 2 aromatic heterocycles. The molecule has 0 saturated heterocycles. The van der Waals surface area contributed by atoms with Crippen LogP contribution in [0, 0.1) is 0 Å². The van der Waals surface area contributed by atoms with Gasteiger partial charge in [0.15, 0.2) is 11.6 Å². The Labute approximate surface area is 128 Å². The van der Waals surface area contributed by atoms with Crippen LogP contribution in [0.4, 0.5) is 5.95 Å². The van der Waals surface area contributed by atoms with Gasteiger partial charge in [-0.25, -0.2) is 0 Å². The van der Waals surface area contributed by atoms with E-state index in [0.29, 0.717) is 18.2 Å². The standard InChI is InChI=1S/C16H18N4O2/c1-3-21-10(2)11-4-6-12(7-5-11)13-8-9-14(22-13)15-18-16(17)20-19-15/h4-10H,3H2,1-2H3,(H3,17,18,19,20). The fourth-order valence-electron chi connectivity index (χ4n) is 2.27. The van der Waals surface area contributed by atoms with Gasteiger partial charge in [0, 0.05) is 12.2 Å². The predicted octanol–water partition coefficient (Wildman–Crippen LogP) is 3.41. The number of aromatic nitrogens is 3. The van der Waals surface area contributed by atoms with Crippen molar-refractivity contribution in [2.75, 3.05) is 12.3 Å². The van der Waals surface area contributed by atoms with Gasteiger partial charge >= 0.3 is 0 Å². The Bertz CT molecular complexity index is 746. The summed E-state index contributed by atoms with van der Waals surface area (Å²) >= 11 is 0. The third-order valence-electron chi connectivity index (χ3n) is 3.42. The molecule has 0 fully saturated rings.